The summed E-state index contributed by atoms with van der Waals surface area (Å²) in [7, 11) is 0. The molecule has 0 radical (unpaired) electrons. The quantitative estimate of drug-likeness (QED) is 0.611. The fraction of sp³-hybridized carbons (Fsp3) is 0.600. The average molecular weight is 222 g/mol. The Morgan fingerprint density at radius 1 is 1.44 bits per heavy atom. The van der Waals surface area contributed by atoms with Crippen LogP contribution in [-0.2, 0) is 0 Å². The summed E-state index contributed by atoms with van der Waals surface area (Å²) in [5, 5.41) is 3.36. The highest BCUT2D eigenvalue weighted by atomic mass is 15.3. The van der Waals surface area contributed by atoms with E-state index in [1.807, 2.05) is 0 Å². The number of aromatic nitrogens is 2. The molecule has 5 N–H and O–H groups in total. The Morgan fingerprint density at radius 3 is 2.81 bits per heavy atom. The number of nitrogens with zero attached hydrogens (tertiary/aromatic N) is 3. The van der Waals surface area contributed by atoms with Gasteiger partial charge in [-0.25, -0.2) is 4.98 Å². The maximum Gasteiger partial charge on any atom is 0.222 e. The molecule has 6 nitrogen and oxygen atoms in total. The molecule has 2 rings (SSSR count). The molecule has 0 amide bonds. The van der Waals surface area contributed by atoms with E-state index < -0.39 is 0 Å². The second kappa shape index (κ2) is 3.79. The van der Waals surface area contributed by atoms with Crippen LogP contribution in [0.1, 0.15) is 13.8 Å². The number of piperazine rings is 1. The molecule has 0 bridgehead atoms. The standard InChI is InChI=1S/C10H18N6/c1-10(2)6-13-3-4-16(10)7-5-14-9(12)15-8(7)11/h5,13H,3-4,6H2,1-2H3,(H4,11,12,14,15). The number of anilines is 3. The van der Waals surface area contributed by atoms with Crippen molar-refractivity contribution in [3.63, 3.8) is 0 Å². The molecule has 0 unspecified atom stereocenters. The third-order valence-electron chi connectivity index (χ3n) is 2.91. The molecule has 6 heteroatoms. The van der Waals surface area contributed by atoms with Gasteiger partial charge in [-0.15, -0.1) is 0 Å². The van der Waals surface area contributed by atoms with Gasteiger partial charge in [0.05, 0.1) is 11.9 Å². The molecule has 1 aromatic rings. The Balaban J connectivity index is 2.35. The van der Waals surface area contributed by atoms with Crippen LogP contribution in [0.25, 0.3) is 0 Å². The van der Waals surface area contributed by atoms with Gasteiger partial charge in [-0.2, -0.15) is 4.98 Å². The van der Waals surface area contributed by atoms with Gasteiger partial charge in [0.2, 0.25) is 5.95 Å². The third kappa shape index (κ3) is 1.88. The number of hydrogen-bond acceptors (Lipinski definition) is 6. The molecule has 0 aromatic carbocycles. The first-order chi connectivity index (χ1) is 7.50. The molecule has 1 fully saturated rings. The van der Waals surface area contributed by atoms with Gasteiger partial charge < -0.3 is 21.7 Å². The van der Waals surface area contributed by atoms with Crippen molar-refractivity contribution in [1.29, 1.82) is 0 Å². The second-order valence-corrected chi connectivity index (χ2v) is 4.64. The zero-order valence-electron chi connectivity index (χ0n) is 9.70. The summed E-state index contributed by atoms with van der Waals surface area (Å²) < 4.78 is 0. The summed E-state index contributed by atoms with van der Waals surface area (Å²) in [4.78, 5) is 10.2. The van der Waals surface area contributed by atoms with Crippen molar-refractivity contribution in [2.24, 2.45) is 0 Å². The normalized spacial score (nSPS) is 19.8. The highest BCUT2D eigenvalue weighted by molar-refractivity contribution is 5.65. The van der Waals surface area contributed by atoms with Crippen molar-refractivity contribution < 1.29 is 0 Å². The van der Waals surface area contributed by atoms with Crippen molar-refractivity contribution in [1.82, 2.24) is 15.3 Å². The molecule has 1 aliphatic heterocycles. The first kappa shape index (κ1) is 10.9. The molecule has 1 aliphatic rings. The summed E-state index contributed by atoms with van der Waals surface area (Å²) in [6.07, 6.45) is 1.70. The number of nitrogens with one attached hydrogen (secondary N) is 1. The van der Waals surface area contributed by atoms with Crippen LogP contribution in [0.15, 0.2) is 6.20 Å². The Hall–Kier alpha value is -1.56. The van der Waals surface area contributed by atoms with Gasteiger partial charge in [0.15, 0.2) is 5.82 Å². The zero-order chi connectivity index (χ0) is 11.8. The van der Waals surface area contributed by atoms with Gasteiger partial charge in [0.1, 0.15) is 0 Å². The molecule has 0 saturated carbocycles. The lowest BCUT2D eigenvalue weighted by Crippen LogP contribution is -2.58. The lowest BCUT2D eigenvalue weighted by Gasteiger charge is -2.44. The molecule has 0 atom stereocenters. The van der Waals surface area contributed by atoms with Crippen LogP contribution in [0, 0.1) is 0 Å². The van der Waals surface area contributed by atoms with E-state index in [4.69, 9.17) is 11.5 Å². The molecule has 1 saturated heterocycles. The Kier molecular flexibility index (Phi) is 2.59. The van der Waals surface area contributed by atoms with E-state index in [1.54, 1.807) is 6.20 Å². The van der Waals surface area contributed by atoms with Crippen molar-refractivity contribution in [3.05, 3.63) is 6.20 Å². The van der Waals surface area contributed by atoms with E-state index in [9.17, 15) is 0 Å². The lowest BCUT2D eigenvalue weighted by atomic mass is 9.99. The van der Waals surface area contributed by atoms with E-state index in [-0.39, 0.29) is 11.5 Å². The van der Waals surface area contributed by atoms with Gasteiger partial charge >= 0.3 is 0 Å². The second-order valence-electron chi connectivity index (χ2n) is 4.64. The van der Waals surface area contributed by atoms with Gasteiger partial charge in [-0.1, -0.05) is 0 Å². The largest absolute Gasteiger partial charge is 0.382 e. The fourth-order valence-corrected chi connectivity index (χ4v) is 2.04. The van der Waals surface area contributed by atoms with E-state index in [1.165, 1.54) is 0 Å². The van der Waals surface area contributed by atoms with Crippen LogP contribution in [0.3, 0.4) is 0 Å². The monoisotopic (exact) mass is 222 g/mol. The summed E-state index contributed by atoms with van der Waals surface area (Å²) in [6.45, 7) is 7.07. The van der Waals surface area contributed by atoms with Crippen molar-refractivity contribution >= 4 is 17.5 Å². The average Bonchev–Trinajstić information content (AvgIpc) is 2.19. The number of hydrogen-bond donors (Lipinski definition) is 3. The fourth-order valence-electron chi connectivity index (χ4n) is 2.04. The lowest BCUT2D eigenvalue weighted by molar-refractivity contribution is 0.380. The summed E-state index contributed by atoms with van der Waals surface area (Å²) in [5.41, 5.74) is 12.2. The minimum atomic E-state index is 0.00580. The van der Waals surface area contributed by atoms with Crippen molar-refractivity contribution in [3.8, 4) is 0 Å². The number of nitrogen functional groups attached to an aromatic ring is 2. The minimum Gasteiger partial charge on any atom is -0.382 e. The maximum atomic E-state index is 5.88. The molecular weight excluding hydrogens is 204 g/mol. The molecule has 0 spiro atoms. The van der Waals surface area contributed by atoms with Crippen LogP contribution in [0.5, 0.6) is 0 Å². The van der Waals surface area contributed by atoms with Crippen LogP contribution >= 0.6 is 0 Å². The SMILES string of the molecule is CC1(C)CNCCN1c1cnc(N)nc1N. The van der Waals surface area contributed by atoms with Crippen LogP contribution in [0.4, 0.5) is 17.5 Å². The summed E-state index contributed by atoms with van der Waals surface area (Å²) >= 11 is 0. The van der Waals surface area contributed by atoms with E-state index >= 15 is 0 Å². The molecule has 16 heavy (non-hydrogen) atoms. The third-order valence-corrected chi connectivity index (χ3v) is 2.91. The Morgan fingerprint density at radius 2 is 2.19 bits per heavy atom. The van der Waals surface area contributed by atoms with Gasteiger partial charge in [0, 0.05) is 25.2 Å². The Bertz CT molecular complexity index is 389. The number of rotatable bonds is 1. The molecule has 1 aromatic heterocycles. The van der Waals surface area contributed by atoms with Crippen molar-refractivity contribution in [2.75, 3.05) is 36.0 Å². The first-order valence-corrected chi connectivity index (χ1v) is 5.37. The molecular formula is C10H18N6. The smallest absolute Gasteiger partial charge is 0.222 e. The highest BCUT2D eigenvalue weighted by Gasteiger charge is 2.31. The number of nitrogens with two attached hydrogens (primary N) is 2. The topological polar surface area (TPSA) is 93.1 Å². The molecule has 2 heterocycles. The molecule has 88 valence electrons. The molecule has 0 aliphatic carbocycles. The Labute approximate surface area is 95.0 Å². The van der Waals surface area contributed by atoms with Gasteiger partial charge in [-0.05, 0) is 13.8 Å². The summed E-state index contributed by atoms with van der Waals surface area (Å²) in [5.74, 6) is 0.664. The predicted molar refractivity (Wildman–Crippen MR) is 65.2 cm³/mol. The van der Waals surface area contributed by atoms with E-state index in [2.05, 4.69) is 34.0 Å². The van der Waals surface area contributed by atoms with Crippen LogP contribution < -0.4 is 21.7 Å². The predicted octanol–water partition coefficient (Wildman–Crippen LogP) is -0.171. The van der Waals surface area contributed by atoms with Crippen LogP contribution in [0.2, 0.25) is 0 Å². The van der Waals surface area contributed by atoms with Crippen LogP contribution in [-0.4, -0.2) is 35.1 Å². The van der Waals surface area contributed by atoms with Gasteiger partial charge in [-0.3, -0.25) is 0 Å². The summed E-state index contributed by atoms with van der Waals surface area (Å²) in [6, 6.07) is 0. The van der Waals surface area contributed by atoms with E-state index in [0.29, 0.717) is 5.82 Å². The van der Waals surface area contributed by atoms with Crippen molar-refractivity contribution in [2.45, 2.75) is 19.4 Å². The first-order valence-electron chi connectivity index (χ1n) is 5.37. The highest BCUT2D eigenvalue weighted by Crippen LogP contribution is 2.28. The van der Waals surface area contributed by atoms with Gasteiger partial charge in [0.25, 0.3) is 0 Å². The zero-order valence-corrected chi connectivity index (χ0v) is 9.70. The van der Waals surface area contributed by atoms with E-state index in [0.717, 1.165) is 25.3 Å². The maximum absolute atomic E-state index is 5.88. The minimum absolute atomic E-state index is 0.00580.